The predicted molar refractivity (Wildman–Crippen MR) is 119 cm³/mol. The lowest BCUT2D eigenvalue weighted by Gasteiger charge is -2.15. The molecule has 2 amide bonds. The molecular formula is C23H28N4O3. The third-order valence-electron chi connectivity index (χ3n) is 4.92. The van der Waals surface area contributed by atoms with Gasteiger partial charge in [0, 0.05) is 30.5 Å². The maximum atomic E-state index is 12.9. The highest BCUT2D eigenvalue weighted by molar-refractivity contribution is 6.10. The summed E-state index contributed by atoms with van der Waals surface area (Å²) in [5.41, 5.74) is 3.83. The normalized spacial score (nSPS) is 16.2. The van der Waals surface area contributed by atoms with Crippen LogP contribution < -0.4 is 16.0 Å². The van der Waals surface area contributed by atoms with E-state index in [2.05, 4.69) is 20.9 Å². The minimum absolute atomic E-state index is 0.0707. The second kappa shape index (κ2) is 10.0. The van der Waals surface area contributed by atoms with E-state index in [0.29, 0.717) is 23.8 Å². The largest absolute Gasteiger partial charge is 0.376 e. The molecule has 1 unspecified atom stereocenters. The fourth-order valence-electron chi connectivity index (χ4n) is 3.20. The van der Waals surface area contributed by atoms with E-state index in [1.54, 1.807) is 18.2 Å². The molecule has 0 saturated carbocycles. The van der Waals surface area contributed by atoms with E-state index in [0.717, 1.165) is 36.3 Å². The molecule has 1 heterocycles. The molecular weight excluding hydrogens is 380 g/mol. The molecule has 1 fully saturated rings. The van der Waals surface area contributed by atoms with Crippen LogP contribution in [0.1, 0.15) is 41.3 Å². The Morgan fingerprint density at radius 2 is 1.83 bits per heavy atom. The molecule has 1 aliphatic heterocycles. The number of hydrogen-bond acceptors (Lipinski definition) is 4. The average molecular weight is 409 g/mol. The summed E-state index contributed by atoms with van der Waals surface area (Å²) in [6, 6.07) is 13.0. The fourth-order valence-corrected chi connectivity index (χ4v) is 3.20. The van der Waals surface area contributed by atoms with E-state index in [1.807, 2.05) is 38.1 Å². The van der Waals surface area contributed by atoms with Gasteiger partial charge in [0.1, 0.15) is 0 Å². The van der Waals surface area contributed by atoms with Crippen molar-refractivity contribution in [3.05, 3.63) is 59.2 Å². The van der Waals surface area contributed by atoms with Crippen molar-refractivity contribution < 1.29 is 14.3 Å². The number of nitrogens with one attached hydrogen (secondary N) is 3. The number of carbonyl (C=O) groups excluding carboxylic acids is 2. The van der Waals surface area contributed by atoms with Crippen LogP contribution in [0.4, 0.5) is 11.4 Å². The van der Waals surface area contributed by atoms with Gasteiger partial charge in [0.2, 0.25) is 11.9 Å². The molecule has 1 atom stereocenters. The van der Waals surface area contributed by atoms with E-state index < -0.39 is 0 Å². The highest BCUT2D eigenvalue weighted by Gasteiger charge is 2.17. The summed E-state index contributed by atoms with van der Waals surface area (Å²) < 4.78 is 5.64. The summed E-state index contributed by atoms with van der Waals surface area (Å²) in [6.45, 7) is 6.53. The van der Waals surface area contributed by atoms with Gasteiger partial charge in [0.15, 0.2) is 0 Å². The van der Waals surface area contributed by atoms with Crippen LogP contribution in [0.3, 0.4) is 0 Å². The third-order valence-corrected chi connectivity index (χ3v) is 4.92. The Labute approximate surface area is 176 Å². The molecule has 0 aromatic heterocycles. The summed E-state index contributed by atoms with van der Waals surface area (Å²) in [5.74, 6) is -0.129. The van der Waals surface area contributed by atoms with Gasteiger partial charge < -0.3 is 15.4 Å². The molecule has 30 heavy (non-hydrogen) atoms. The van der Waals surface area contributed by atoms with Crippen molar-refractivity contribution in [3.63, 3.8) is 0 Å². The summed E-state index contributed by atoms with van der Waals surface area (Å²) in [5, 5.41) is 8.84. The second-order valence-electron chi connectivity index (χ2n) is 7.43. The molecule has 0 aliphatic carbocycles. The number of rotatable bonds is 5. The number of aryl methyl sites for hydroxylation is 2. The number of hydrogen-bond donors (Lipinski definition) is 3. The first-order valence-corrected chi connectivity index (χ1v) is 10.1. The Morgan fingerprint density at radius 3 is 2.53 bits per heavy atom. The lowest BCUT2D eigenvalue weighted by atomic mass is 10.1. The zero-order valence-corrected chi connectivity index (χ0v) is 17.6. The van der Waals surface area contributed by atoms with Gasteiger partial charge in [-0.15, -0.1) is 0 Å². The van der Waals surface area contributed by atoms with E-state index in [-0.39, 0.29) is 17.9 Å². The molecule has 2 aromatic carbocycles. The van der Waals surface area contributed by atoms with Crippen LogP contribution in [0.5, 0.6) is 0 Å². The van der Waals surface area contributed by atoms with Gasteiger partial charge in [-0.2, -0.15) is 0 Å². The van der Waals surface area contributed by atoms with Gasteiger partial charge in [-0.3, -0.25) is 14.9 Å². The number of anilines is 2. The van der Waals surface area contributed by atoms with Crippen LogP contribution in [0.15, 0.2) is 47.5 Å². The monoisotopic (exact) mass is 408 g/mol. The maximum Gasteiger partial charge on any atom is 0.258 e. The van der Waals surface area contributed by atoms with Gasteiger partial charge in [-0.25, -0.2) is 4.99 Å². The lowest BCUT2D eigenvalue weighted by Crippen LogP contribution is -2.37. The van der Waals surface area contributed by atoms with Gasteiger partial charge in [0.25, 0.3) is 5.91 Å². The van der Waals surface area contributed by atoms with Crippen LogP contribution in [-0.2, 0) is 9.53 Å². The van der Waals surface area contributed by atoms with Crippen LogP contribution in [0.25, 0.3) is 0 Å². The minimum atomic E-state index is -0.311. The number of amides is 2. The fraction of sp³-hybridized carbons (Fsp3) is 0.348. The molecule has 0 spiro atoms. The molecule has 3 N–H and O–H groups in total. The molecule has 1 saturated heterocycles. The first-order chi connectivity index (χ1) is 14.4. The number of nitrogens with zero attached hydrogens (tertiary/aromatic N) is 1. The zero-order chi connectivity index (χ0) is 21.5. The van der Waals surface area contributed by atoms with Crippen molar-refractivity contribution in [1.82, 2.24) is 5.32 Å². The molecule has 1 aliphatic rings. The number of para-hydroxylation sites is 1. The highest BCUT2D eigenvalue weighted by atomic mass is 16.5. The van der Waals surface area contributed by atoms with E-state index in [1.165, 1.54) is 6.92 Å². The molecule has 158 valence electrons. The van der Waals surface area contributed by atoms with Gasteiger partial charge >= 0.3 is 0 Å². The van der Waals surface area contributed by atoms with Gasteiger partial charge in [-0.05, 0) is 56.0 Å². The third kappa shape index (κ3) is 5.90. The van der Waals surface area contributed by atoms with Crippen molar-refractivity contribution in [1.29, 1.82) is 0 Å². The van der Waals surface area contributed by atoms with Crippen molar-refractivity contribution in [3.8, 4) is 0 Å². The molecule has 7 heteroatoms. The highest BCUT2D eigenvalue weighted by Crippen LogP contribution is 2.18. The summed E-state index contributed by atoms with van der Waals surface area (Å²) in [4.78, 5) is 28.9. The molecule has 0 radical (unpaired) electrons. The standard InChI is InChI=1S/C23H28N4O3/c1-15-7-4-5-9-20(15)26-23(24-14-19-8-6-12-30-19)27-22(29)18-11-10-16(2)21(13-18)25-17(3)28/h4-5,7,9-11,13,19H,6,8,12,14H2,1-3H3,(H,25,28)(H2,24,26,27,29). The molecule has 3 rings (SSSR count). The SMILES string of the molecule is CC(=O)Nc1cc(C(=O)NC(=NCC2CCCO2)Nc2ccccc2C)ccc1C. The lowest BCUT2D eigenvalue weighted by molar-refractivity contribution is -0.114. The van der Waals surface area contributed by atoms with Crippen molar-refractivity contribution in [2.75, 3.05) is 23.8 Å². The van der Waals surface area contributed by atoms with E-state index in [9.17, 15) is 9.59 Å². The molecule has 2 aromatic rings. The van der Waals surface area contributed by atoms with Crippen molar-refractivity contribution in [2.24, 2.45) is 4.99 Å². The summed E-state index contributed by atoms with van der Waals surface area (Å²) in [6.07, 6.45) is 2.07. The molecule has 0 bridgehead atoms. The Balaban J connectivity index is 1.79. The first-order valence-electron chi connectivity index (χ1n) is 10.1. The van der Waals surface area contributed by atoms with E-state index >= 15 is 0 Å². The Hall–Kier alpha value is -3.19. The Kier molecular flexibility index (Phi) is 7.19. The van der Waals surface area contributed by atoms with Gasteiger partial charge in [-0.1, -0.05) is 24.3 Å². The summed E-state index contributed by atoms with van der Waals surface area (Å²) >= 11 is 0. The average Bonchev–Trinajstić information content (AvgIpc) is 3.22. The van der Waals surface area contributed by atoms with Crippen molar-refractivity contribution >= 4 is 29.1 Å². The quantitative estimate of drug-likeness (QED) is 0.520. The maximum absolute atomic E-state index is 12.9. The number of ether oxygens (including phenoxy) is 1. The van der Waals surface area contributed by atoms with E-state index in [4.69, 9.17) is 4.74 Å². The number of guanidine groups is 1. The zero-order valence-electron chi connectivity index (χ0n) is 17.6. The summed E-state index contributed by atoms with van der Waals surface area (Å²) in [7, 11) is 0. The van der Waals surface area contributed by atoms with Crippen LogP contribution in [0, 0.1) is 13.8 Å². The van der Waals surface area contributed by atoms with Gasteiger partial charge in [0.05, 0.1) is 12.6 Å². The Bertz CT molecular complexity index is 949. The predicted octanol–water partition coefficient (Wildman–Crippen LogP) is 3.64. The second-order valence-corrected chi connectivity index (χ2v) is 7.43. The van der Waals surface area contributed by atoms with Crippen LogP contribution in [-0.4, -0.2) is 37.0 Å². The van der Waals surface area contributed by atoms with Crippen molar-refractivity contribution in [2.45, 2.75) is 39.7 Å². The number of aliphatic imine (C=N–C) groups is 1. The molecule has 7 nitrogen and oxygen atoms in total. The van der Waals surface area contributed by atoms with Crippen LogP contribution in [0.2, 0.25) is 0 Å². The Morgan fingerprint density at radius 1 is 1.07 bits per heavy atom. The smallest absolute Gasteiger partial charge is 0.258 e. The van der Waals surface area contributed by atoms with Crippen LogP contribution >= 0.6 is 0 Å². The first kappa shape index (κ1) is 21.5. The topological polar surface area (TPSA) is 91.8 Å². The number of carbonyl (C=O) groups is 2. The minimum Gasteiger partial charge on any atom is -0.376 e. The number of benzene rings is 2.